The van der Waals surface area contributed by atoms with Crippen molar-refractivity contribution >= 4 is 7.32 Å². The van der Waals surface area contributed by atoms with E-state index in [9.17, 15) is 0 Å². The summed E-state index contributed by atoms with van der Waals surface area (Å²) in [5.41, 5.74) is 0. The average Bonchev–Trinajstić information content (AvgIpc) is 1.90. The Kier molecular flexibility index (Phi) is 47.9. The number of halogens is 4. The van der Waals surface area contributed by atoms with Gasteiger partial charge < -0.3 is 14.0 Å². The summed E-state index contributed by atoms with van der Waals surface area (Å²) >= 11 is 0. The summed E-state index contributed by atoms with van der Waals surface area (Å²) in [5, 5.41) is 0. The molecular formula is C6H19BF4O3. The van der Waals surface area contributed by atoms with Crippen LogP contribution in [0.3, 0.4) is 0 Å². The molecule has 0 atom stereocenters. The first kappa shape index (κ1) is 29.2. The van der Waals surface area contributed by atoms with E-state index in [0.29, 0.717) is 19.8 Å². The third-order valence-electron chi connectivity index (χ3n) is 0.908. The molecule has 0 saturated carbocycles. The van der Waals surface area contributed by atoms with Gasteiger partial charge in [-0.3, -0.25) is 18.8 Å². The molecule has 0 N–H and O–H groups in total. The predicted octanol–water partition coefficient (Wildman–Crippen LogP) is 1.69. The van der Waals surface area contributed by atoms with Crippen molar-refractivity contribution in [1.29, 1.82) is 0 Å². The molecule has 0 aliphatic carbocycles. The molecule has 0 rings (SSSR count). The lowest BCUT2D eigenvalue weighted by molar-refractivity contribution is 0.107. The fourth-order valence-electron chi connectivity index (χ4n) is 0.553. The van der Waals surface area contributed by atoms with Crippen molar-refractivity contribution in [3.8, 4) is 0 Å². The van der Waals surface area contributed by atoms with E-state index in [1.165, 1.54) is 0 Å². The maximum atomic E-state index is 5.08. The summed E-state index contributed by atoms with van der Waals surface area (Å²) in [6.07, 6.45) is 0. The summed E-state index contributed by atoms with van der Waals surface area (Å²) in [6.45, 7) is 7.57. The van der Waals surface area contributed by atoms with Crippen LogP contribution >= 0.6 is 0 Å². The highest BCUT2D eigenvalue weighted by Gasteiger charge is 2.17. The van der Waals surface area contributed by atoms with Crippen LogP contribution in [0.25, 0.3) is 0 Å². The largest absolute Gasteiger partial charge is 0.639 e. The van der Waals surface area contributed by atoms with E-state index < -0.39 is 7.32 Å². The summed E-state index contributed by atoms with van der Waals surface area (Å²) < 4.78 is 15.2. The Balaban J connectivity index is -0.0000000675. The SMILES string of the molecule is CCOB(OCC)OCC.F.F.F.F. The monoisotopic (exact) mass is 226 g/mol. The maximum Gasteiger partial charge on any atom is 0.639 e. The highest BCUT2D eigenvalue weighted by Crippen LogP contribution is 1.90. The van der Waals surface area contributed by atoms with E-state index in [-0.39, 0.29) is 18.8 Å². The van der Waals surface area contributed by atoms with Gasteiger partial charge in [-0.25, -0.2) is 0 Å². The minimum absolute atomic E-state index is 0. The molecule has 0 saturated heterocycles. The van der Waals surface area contributed by atoms with Crippen LogP contribution in [0.15, 0.2) is 0 Å². The first-order chi connectivity index (χ1) is 4.85. The number of hydrogen-bond acceptors (Lipinski definition) is 3. The van der Waals surface area contributed by atoms with Gasteiger partial charge in [0.05, 0.1) is 0 Å². The van der Waals surface area contributed by atoms with Crippen LogP contribution in [0, 0.1) is 0 Å². The number of hydrogen-bond donors (Lipinski definition) is 0. The summed E-state index contributed by atoms with van der Waals surface area (Å²) in [7, 11) is -0.472. The molecule has 0 aromatic rings. The van der Waals surface area contributed by atoms with Crippen molar-refractivity contribution in [3.63, 3.8) is 0 Å². The standard InChI is InChI=1S/C6H15BO3.4FH/c1-4-8-7(9-5-2)10-6-3;;;;/h4-6H2,1-3H3;4*1H. The van der Waals surface area contributed by atoms with Gasteiger partial charge in [-0.2, -0.15) is 0 Å². The Morgan fingerprint density at radius 1 is 0.643 bits per heavy atom. The third kappa shape index (κ3) is 17.7. The minimum atomic E-state index is -0.472. The molecule has 0 radical (unpaired) electrons. The zero-order valence-corrected chi connectivity index (χ0v) is 8.56. The molecule has 0 spiro atoms. The maximum absolute atomic E-state index is 5.08. The smallest absolute Gasteiger partial charge is 0.386 e. The molecule has 0 aromatic heterocycles. The molecule has 0 fully saturated rings. The molecule has 0 unspecified atom stereocenters. The van der Waals surface area contributed by atoms with Gasteiger partial charge in [0.1, 0.15) is 0 Å². The summed E-state index contributed by atoms with van der Waals surface area (Å²) in [4.78, 5) is 0. The zero-order chi connectivity index (χ0) is 7.82. The average molecular weight is 226 g/mol. The van der Waals surface area contributed by atoms with Gasteiger partial charge >= 0.3 is 7.32 Å². The van der Waals surface area contributed by atoms with E-state index in [0.717, 1.165) is 0 Å². The van der Waals surface area contributed by atoms with Gasteiger partial charge in [0.15, 0.2) is 0 Å². The highest BCUT2D eigenvalue weighted by molar-refractivity contribution is 6.36. The Hall–Kier alpha value is -0.335. The molecule has 0 aromatic carbocycles. The van der Waals surface area contributed by atoms with Gasteiger partial charge in [0.2, 0.25) is 0 Å². The van der Waals surface area contributed by atoms with Crippen LogP contribution in [0.1, 0.15) is 20.8 Å². The van der Waals surface area contributed by atoms with Crippen LogP contribution in [-0.4, -0.2) is 27.1 Å². The van der Waals surface area contributed by atoms with Crippen molar-refractivity contribution in [1.82, 2.24) is 0 Å². The topological polar surface area (TPSA) is 27.7 Å². The van der Waals surface area contributed by atoms with Crippen LogP contribution < -0.4 is 0 Å². The number of rotatable bonds is 6. The lowest BCUT2D eigenvalue weighted by Crippen LogP contribution is -2.27. The molecule has 0 amide bonds. The first-order valence-corrected chi connectivity index (χ1v) is 3.69. The van der Waals surface area contributed by atoms with Gasteiger partial charge in [0.25, 0.3) is 0 Å². The molecule has 0 aliphatic heterocycles. The summed E-state index contributed by atoms with van der Waals surface area (Å²) in [5.74, 6) is 0. The van der Waals surface area contributed by atoms with Crippen LogP contribution in [0.5, 0.6) is 0 Å². The molecule has 3 nitrogen and oxygen atoms in total. The molecule has 92 valence electrons. The Labute approximate surface area is 81.7 Å². The molecular weight excluding hydrogens is 207 g/mol. The summed E-state index contributed by atoms with van der Waals surface area (Å²) in [6, 6.07) is 0. The van der Waals surface area contributed by atoms with Crippen molar-refractivity contribution in [3.05, 3.63) is 0 Å². The third-order valence-corrected chi connectivity index (χ3v) is 0.908. The van der Waals surface area contributed by atoms with Crippen LogP contribution in [-0.2, 0) is 14.0 Å². The normalized spacial score (nSPS) is 7.07. The van der Waals surface area contributed by atoms with Crippen molar-refractivity contribution in [2.45, 2.75) is 20.8 Å². The molecule has 0 heterocycles. The van der Waals surface area contributed by atoms with Crippen molar-refractivity contribution in [2.75, 3.05) is 19.8 Å². The van der Waals surface area contributed by atoms with E-state index >= 15 is 0 Å². The first-order valence-electron chi connectivity index (χ1n) is 3.69. The fourth-order valence-corrected chi connectivity index (χ4v) is 0.553. The second-order valence-corrected chi connectivity index (χ2v) is 1.65. The van der Waals surface area contributed by atoms with E-state index in [4.69, 9.17) is 14.0 Å². The van der Waals surface area contributed by atoms with Gasteiger partial charge in [-0.1, -0.05) is 0 Å². The Morgan fingerprint density at radius 2 is 0.857 bits per heavy atom. The molecule has 0 aliphatic rings. The van der Waals surface area contributed by atoms with Crippen molar-refractivity contribution in [2.24, 2.45) is 0 Å². The van der Waals surface area contributed by atoms with Gasteiger partial charge in [-0.05, 0) is 20.8 Å². The second-order valence-electron chi connectivity index (χ2n) is 1.65. The van der Waals surface area contributed by atoms with E-state index in [1.807, 2.05) is 20.8 Å². The lowest BCUT2D eigenvalue weighted by atomic mass is 10.2. The van der Waals surface area contributed by atoms with Crippen LogP contribution in [0.4, 0.5) is 18.8 Å². The molecule has 0 bridgehead atoms. The fraction of sp³-hybridized carbons (Fsp3) is 1.00. The highest BCUT2D eigenvalue weighted by atomic mass is 19.0. The van der Waals surface area contributed by atoms with Crippen molar-refractivity contribution < 1.29 is 32.8 Å². The van der Waals surface area contributed by atoms with Gasteiger partial charge in [0, 0.05) is 19.8 Å². The van der Waals surface area contributed by atoms with Gasteiger partial charge in [-0.15, -0.1) is 0 Å². The molecule has 14 heavy (non-hydrogen) atoms. The Morgan fingerprint density at radius 3 is 1.00 bits per heavy atom. The zero-order valence-electron chi connectivity index (χ0n) is 8.56. The predicted molar refractivity (Wildman–Crippen MR) is 50.6 cm³/mol. The Bertz CT molecular complexity index is 67.8. The minimum Gasteiger partial charge on any atom is -0.386 e. The lowest BCUT2D eigenvalue weighted by Gasteiger charge is -2.09. The second kappa shape index (κ2) is 23.0. The van der Waals surface area contributed by atoms with E-state index in [1.54, 1.807) is 0 Å². The van der Waals surface area contributed by atoms with Crippen LogP contribution in [0.2, 0.25) is 0 Å². The molecule has 8 heteroatoms. The van der Waals surface area contributed by atoms with E-state index in [2.05, 4.69) is 0 Å². The quantitative estimate of drug-likeness (QED) is 0.509.